The van der Waals surface area contributed by atoms with Crippen LogP contribution in [0.15, 0.2) is 35.5 Å². The monoisotopic (exact) mass is 475 g/mol. The second kappa shape index (κ2) is 10.3. The normalized spacial score (nSPS) is 13.7. The average Bonchev–Trinajstić information content (AvgIpc) is 3.58. The van der Waals surface area contributed by atoms with Gasteiger partial charge in [0.1, 0.15) is 24.4 Å². The Kier molecular flexibility index (Phi) is 7.65. The fraction of sp³-hybridized carbons (Fsp3) is 0.455. The van der Waals surface area contributed by atoms with E-state index in [4.69, 9.17) is 5.11 Å². The number of nitrogens with one attached hydrogen (secondary N) is 1. The van der Waals surface area contributed by atoms with Crippen molar-refractivity contribution in [3.05, 3.63) is 41.9 Å². The van der Waals surface area contributed by atoms with Crippen molar-refractivity contribution in [3.63, 3.8) is 0 Å². The van der Waals surface area contributed by atoms with Crippen LogP contribution in [0.4, 0.5) is 11.5 Å². The highest BCUT2D eigenvalue weighted by Gasteiger charge is 2.26. The first-order valence-corrected chi connectivity index (χ1v) is 12.2. The lowest BCUT2D eigenvalue weighted by Gasteiger charge is -2.23. The molecular weight excluding hydrogens is 446 g/mol. The third-order valence-corrected chi connectivity index (χ3v) is 7.19. The van der Waals surface area contributed by atoms with E-state index in [0.29, 0.717) is 23.0 Å². The molecular formula is C22H29N5O5S. The maximum absolute atomic E-state index is 12.8. The van der Waals surface area contributed by atoms with E-state index in [1.165, 1.54) is 44.4 Å². The van der Waals surface area contributed by atoms with Gasteiger partial charge in [0.15, 0.2) is 0 Å². The Labute approximate surface area is 193 Å². The Hall–Kier alpha value is -3.05. The molecule has 1 aromatic heterocycles. The van der Waals surface area contributed by atoms with Crippen LogP contribution in [0.1, 0.15) is 42.2 Å². The summed E-state index contributed by atoms with van der Waals surface area (Å²) >= 11 is 0. The van der Waals surface area contributed by atoms with Gasteiger partial charge in [-0.25, -0.2) is 18.4 Å². The number of amides is 1. The predicted octanol–water partition coefficient (Wildman–Crippen LogP) is 2.37. The lowest BCUT2D eigenvalue weighted by atomic mass is 10.2. The maximum Gasteiger partial charge on any atom is 0.318 e. The molecule has 0 aliphatic heterocycles. The topological polar surface area (TPSA) is 133 Å². The standard InChI is InChI=1S/C22H29N5O5S/c1-4-9-27(12-16-5-6-16)20-11-19(23-14-24-20)22(30)25-18-8-7-17(10-15(18)2)33(31,32)26(3)13-21(28)29/h7-8,10-11,14,16H,4-6,9,12-13H2,1-3H3,(H,25,30)(H,28,29). The smallest absolute Gasteiger partial charge is 0.318 e. The van der Waals surface area contributed by atoms with Gasteiger partial charge in [-0.3, -0.25) is 9.59 Å². The van der Waals surface area contributed by atoms with Crippen molar-refractivity contribution in [2.45, 2.75) is 38.0 Å². The van der Waals surface area contributed by atoms with Crippen molar-refractivity contribution in [2.24, 2.45) is 5.92 Å². The fourth-order valence-corrected chi connectivity index (χ4v) is 4.61. The molecule has 0 spiro atoms. The van der Waals surface area contributed by atoms with E-state index in [2.05, 4.69) is 27.1 Å². The van der Waals surface area contributed by atoms with E-state index >= 15 is 0 Å². The number of anilines is 2. The van der Waals surface area contributed by atoms with Crippen LogP contribution in [0.3, 0.4) is 0 Å². The lowest BCUT2D eigenvalue weighted by Crippen LogP contribution is -2.32. The number of aryl methyl sites for hydroxylation is 1. The minimum atomic E-state index is -3.97. The highest BCUT2D eigenvalue weighted by atomic mass is 32.2. The van der Waals surface area contributed by atoms with E-state index < -0.39 is 28.4 Å². The van der Waals surface area contributed by atoms with Crippen molar-refractivity contribution in [1.29, 1.82) is 0 Å². The first-order chi connectivity index (χ1) is 15.6. The third-order valence-electron chi connectivity index (χ3n) is 5.39. The maximum atomic E-state index is 12.8. The second-order valence-corrected chi connectivity index (χ2v) is 10.3. The first-order valence-electron chi connectivity index (χ1n) is 10.8. The molecule has 0 unspecified atom stereocenters. The van der Waals surface area contributed by atoms with Crippen molar-refractivity contribution in [2.75, 3.05) is 36.9 Å². The predicted molar refractivity (Wildman–Crippen MR) is 124 cm³/mol. The quantitative estimate of drug-likeness (QED) is 0.506. The molecule has 0 radical (unpaired) electrons. The molecule has 2 N–H and O–H groups in total. The summed E-state index contributed by atoms with van der Waals surface area (Å²) in [5.74, 6) is -0.289. The number of hydrogen-bond donors (Lipinski definition) is 2. The van der Waals surface area contributed by atoms with Crippen LogP contribution >= 0.6 is 0 Å². The van der Waals surface area contributed by atoms with Crippen LogP contribution < -0.4 is 10.2 Å². The first kappa shape index (κ1) is 24.6. The number of aromatic nitrogens is 2. The molecule has 1 amide bonds. The highest BCUT2D eigenvalue weighted by Crippen LogP contribution is 2.31. The van der Waals surface area contributed by atoms with Crippen LogP contribution in [-0.2, 0) is 14.8 Å². The fourth-order valence-electron chi connectivity index (χ4n) is 3.40. The number of rotatable bonds is 11. The van der Waals surface area contributed by atoms with Crippen LogP contribution in [-0.4, -0.2) is 66.4 Å². The lowest BCUT2D eigenvalue weighted by molar-refractivity contribution is -0.137. The molecule has 1 aliphatic carbocycles. The molecule has 33 heavy (non-hydrogen) atoms. The average molecular weight is 476 g/mol. The molecule has 178 valence electrons. The zero-order valence-corrected chi connectivity index (χ0v) is 19.8. The molecule has 3 rings (SSSR count). The zero-order valence-electron chi connectivity index (χ0n) is 19.0. The second-order valence-electron chi connectivity index (χ2n) is 8.24. The number of carbonyl (C=O) groups is 2. The van der Waals surface area contributed by atoms with Gasteiger partial charge in [-0.15, -0.1) is 0 Å². The SMILES string of the molecule is CCCN(CC1CC1)c1cc(C(=O)Nc2ccc(S(=O)(=O)N(C)CC(=O)O)cc2C)ncn1. The molecule has 1 aliphatic rings. The Balaban J connectivity index is 1.76. The molecule has 10 nitrogen and oxygen atoms in total. The molecule has 1 saturated carbocycles. The van der Waals surface area contributed by atoms with E-state index in [1.54, 1.807) is 13.0 Å². The number of hydrogen-bond acceptors (Lipinski definition) is 7. The van der Waals surface area contributed by atoms with Crippen molar-refractivity contribution < 1.29 is 23.1 Å². The molecule has 1 heterocycles. The summed E-state index contributed by atoms with van der Waals surface area (Å²) in [6.45, 7) is 4.87. The minimum absolute atomic E-state index is 0.0543. The molecule has 1 fully saturated rings. The molecule has 0 atom stereocenters. The van der Waals surface area contributed by atoms with Crippen LogP contribution in [0.25, 0.3) is 0 Å². The highest BCUT2D eigenvalue weighted by molar-refractivity contribution is 7.89. The summed E-state index contributed by atoms with van der Waals surface area (Å²) < 4.78 is 25.9. The minimum Gasteiger partial charge on any atom is -0.480 e. The number of carboxylic acid groups (broad SMARTS) is 1. The molecule has 11 heteroatoms. The van der Waals surface area contributed by atoms with Gasteiger partial charge < -0.3 is 15.3 Å². The largest absolute Gasteiger partial charge is 0.480 e. The zero-order chi connectivity index (χ0) is 24.2. The van der Waals surface area contributed by atoms with Gasteiger partial charge in [0, 0.05) is 31.9 Å². The molecule has 0 bridgehead atoms. The van der Waals surface area contributed by atoms with Crippen LogP contribution in [0.2, 0.25) is 0 Å². The van der Waals surface area contributed by atoms with Gasteiger partial charge in [0.2, 0.25) is 10.0 Å². The third kappa shape index (κ3) is 6.26. The summed E-state index contributed by atoms with van der Waals surface area (Å²) in [5, 5.41) is 11.6. The summed E-state index contributed by atoms with van der Waals surface area (Å²) in [6, 6.07) is 5.88. The van der Waals surface area contributed by atoms with E-state index in [-0.39, 0.29) is 10.6 Å². The van der Waals surface area contributed by atoms with Crippen molar-refractivity contribution in [3.8, 4) is 0 Å². The number of sulfonamides is 1. The van der Waals surface area contributed by atoms with E-state index in [0.717, 1.165) is 23.8 Å². The van der Waals surface area contributed by atoms with Crippen LogP contribution in [0, 0.1) is 12.8 Å². The Bertz CT molecular complexity index is 1130. The van der Waals surface area contributed by atoms with Gasteiger partial charge in [-0.05, 0) is 55.9 Å². The summed E-state index contributed by atoms with van der Waals surface area (Å²) in [6.07, 6.45) is 4.78. The van der Waals surface area contributed by atoms with E-state index in [1.807, 2.05) is 0 Å². The van der Waals surface area contributed by atoms with E-state index in [9.17, 15) is 18.0 Å². The summed E-state index contributed by atoms with van der Waals surface area (Å²) in [7, 11) is -2.77. The number of likely N-dealkylation sites (N-methyl/N-ethyl adjacent to an activating group) is 1. The van der Waals surface area contributed by atoms with Gasteiger partial charge in [0.25, 0.3) is 5.91 Å². The number of carbonyl (C=O) groups excluding carboxylic acids is 1. The summed E-state index contributed by atoms with van der Waals surface area (Å²) in [4.78, 5) is 34.3. The Morgan fingerprint density at radius 3 is 2.55 bits per heavy atom. The van der Waals surface area contributed by atoms with Gasteiger partial charge in [0.05, 0.1) is 4.90 Å². The molecule has 0 saturated heterocycles. The molecule has 2 aromatic rings. The van der Waals surface area contributed by atoms with Crippen molar-refractivity contribution >= 4 is 33.4 Å². The number of aliphatic carboxylic acids is 1. The van der Waals surface area contributed by atoms with Crippen LogP contribution in [0.5, 0.6) is 0 Å². The number of benzene rings is 1. The van der Waals surface area contributed by atoms with Gasteiger partial charge in [-0.1, -0.05) is 6.92 Å². The van der Waals surface area contributed by atoms with Gasteiger partial charge in [-0.2, -0.15) is 4.31 Å². The number of nitrogens with zero attached hydrogens (tertiary/aromatic N) is 4. The van der Waals surface area contributed by atoms with Crippen molar-refractivity contribution in [1.82, 2.24) is 14.3 Å². The number of carboxylic acids is 1. The summed E-state index contributed by atoms with van der Waals surface area (Å²) in [5.41, 5.74) is 1.17. The van der Waals surface area contributed by atoms with Gasteiger partial charge >= 0.3 is 5.97 Å². The Morgan fingerprint density at radius 2 is 1.94 bits per heavy atom. The molecule has 1 aromatic carbocycles. The Morgan fingerprint density at radius 1 is 1.21 bits per heavy atom.